The van der Waals surface area contributed by atoms with Crippen LogP contribution in [0.3, 0.4) is 0 Å². The van der Waals surface area contributed by atoms with E-state index in [1.54, 1.807) is 0 Å². The van der Waals surface area contributed by atoms with Gasteiger partial charge in [-0.05, 0) is 24.1 Å². The minimum absolute atomic E-state index is 0.0505. The van der Waals surface area contributed by atoms with Crippen molar-refractivity contribution < 1.29 is 19.4 Å². The second kappa shape index (κ2) is 5.71. The van der Waals surface area contributed by atoms with Crippen molar-refractivity contribution in [2.24, 2.45) is 5.41 Å². The van der Waals surface area contributed by atoms with Crippen LogP contribution in [0.4, 0.5) is 0 Å². The van der Waals surface area contributed by atoms with E-state index in [4.69, 9.17) is 9.84 Å². The van der Waals surface area contributed by atoms with Crippen molar-refractivity contribution in [2.45, 2.75) is 6.42 Å². The molecule has 1 aliphatic heterocycles. The number of carbonyl (C=O) groups is 2. The topological polar surface area (TPSA) is 75.6 Å². The summed E-state index contributed by atoms with van der Waals surface area (Å²) in [7, 11) is 0. The zero-order valence-corrected chi connectivity index (χ0v) is 11.8. The number of aliphatic carboxylic acids is 1. The number of hydrogen-bond donors (Lipinski definition) is 2. The molecule has 2 N–H and O–H groups in total. The molecule has 6 heteroatoms. The van der Waals surface area contributed by atoms with Crippen LogP contribution in [-0.4, -0.2) is 36.7 Å². The van der Waals surface area contributed by atoms with Gasteiger partial charge in [0.2, 0.25) is 5.91 Å². The van der Waals surface area contributed by atoms with Crippen molar-refractivity contribution in [2.75, 3.05) is 19.8 Å². The van der Waals surface area contributed by atoms with Gasteiger partial charge in [-0.1, -0.05) is 28.1 Å². The molecule has 1 aromatic carbocycles. The Morgan fingerprint density at radius 2 is 2.16 bits per heavy atom. The molecular formula is C13H14BrNO4. The van der Waals surface area contributed by atoms with E-state index < -0.39 is 17.3 Å². The smallest absolute Gasteiger partial charge is 0.324 e. The molecule has 2 rings (SSSR count). The molecule has 0 bridgehead atoms. The van der Waals surface area contributed by atoms with Gasteiger partial charge in [0, 0.05) is 11.0 Å². The normalized spacial score (nSPS) is 16.5. The predicted octanol–water partition coefficient (Wildman–Crippen LogP) is 1.21. The molecule has 0 spiro atoms. The minimum atomic E-state index is -1.39. The molecule has 1 amide bonds. The summed E-state index contributed by atoms with van der Waals surface area (Å²) < 4.78 is 5.83. The Morgan fingerprint density at radius 3 is 2.68 bits per heavy atom. The average Bonchev–Trinajstić information content (AvgIpc) is 2.26. The monoisotopic (exact) mass is 327 g/mol. The molecule has 0 aromatic heterocycles. The summed E-state index contributed by atoms with van der Waals surface area (Å²) in [6.45, 7) is 0.306. The van der Waals surface area contributed by atoms with Gasteiger partial charge in [0.1, 0.15) is 0 Å². The summed E-state index contributed by atoms with van der Waals surface area (Å²) in [5.41, 5.74) is -0.319. The van der Waals surface area contributed by atoms with Crippen LogP contribution in [0.15, 0.2) is 28.7 Å². The lowest BCUT2D eigenvalue weighted by molar-refractivity contribution is -0.185. The van der Waals surface area contributed by atoms with Crippen LogP contribution in [0.2, 0.25) is 0 Å². The first-order chi connectivity index (χ1) is 9.04. The molecule has 1 aliphatic rings. The molecule has 19 heavy (non-hydrogen) atoms. The SMILES string of the molecule is O=C(O)C1(C(=O)NCCc2cccc(Br)c2)COC1. The Kier molecular flexibility index (Phi) is 4.21. The number of nitrogens with one attached hydrogen (secondary N) is 1. The Balaban J connectivity index is 1.86. The first-order valence-electron chi connectivity index (χ1n) is 5.88. The van der Waals surface area contributed by atoms with Crippen LogP contribution in [0, 0.1) is 5.41 Å². The summed E-state index contributed by atoms with van der Waals surface area (Å²) in [4.78, 5) is 22.9. The number of rotatable bonds is 5. The van der Waals surface area contributed by atoms with Gasteiger partial charge >= 0.3 is 5.97 Å². The van der Waals surface area contributed by atoms with Crippen LogP contribution < -0.4 is 5.32 Å². The highest BCUT2D eigenvalue weighted by molar-refractivity contribution is 9.10. The molecule has 0 unspecified atom stereocenters. The van der Waals surface area contributed by atoms with Crippen LogP contribution in [0.1, 0.15) is 5.56 Å². The zero-order valence-electron chi connectivity index (χ0n) is 10.2. The van der Waals surface area contributed by atoms with Crippen molar-refractivity contribution >= 4 is 27.8 Å². The van der Waals surface area contributed by atoms with E-state index in [1.807, 2.05) is 24.3 Å². The fourth-order valence-electron chi connectivity index (χ4n) is 1.84. The molecule has 1 aromatic rings. The molecular weight excluding hydrogens is 314 g/mol. The number of amides is 1. The highest BCUT2D eigenvalue weighted by atomic mass is 79.9. The van der Waals surface area contributed by atoms with Gasteiger partial charge in [-0.15, -0.1) is 0 Å². The van der Waals surface area contributed by atoms with Crippen LogP contribution in [-0.2, 0) is 20.7 Å². The number of carbonyl (C=O) groups excluding carboxylic acids is 1. The van der Waals surface area contributed by atoms with Crippen molar-refractivity contribution in [3.05, 3.63) is 34.3 Å². The predicted molar refractivity (Wildman–Crippen MR) is 71.7 cm³/mol. The van der Waals surface area contributed by atoms with Gasteiger partial charge in [0.15, 0.2) is 5.41 Å². The van der Waals surface area contributed by atoms with E-state index in [9.17, 15) is 9.59 Å². The van der Waals surface area contributed by atoms with E-state index in [2.05, 4.69) is 21.2 Å². The lowest BCUT2D eigenvalue weighted by Crippen LogP contribution is -2.59. The van der Waals surface area contributed by atoms with Gasteiger partial charge < -0.3 is 15.2 Å². The third kappa shape index (κ3) is 2.96. The van der Waals surface area contributed by atoms with E-state index in [1.165, 1.54) is 0 Å². The second-order valence-corrected chi connectivity index (χ2v) is 5.43. The maximum absolute atomic E-state index is 11.9. The number of ether oxygens (including phenoxy) is 1. The minimum Gasteiger partial charge on any atom is -0.480 e. The Labute approximate surface area is 119 Å². The third-order valence-electron chi connectivity index (χ3n) is 3.13. The van der Waals surface area contributed by atoms with Crippen molar-refractivity contribution in [1.29, 1.82) is 0 Å². The van der Waals surface area contributed by atoms with E-state index in [0.29, 0.717) is 13.0 Å². The average molecular weight is 328 g/mol. The molecule has 0 atom stereocenters. The molecule has 1 heterocycles. The number of hydrogen-bond acceptors (Lipinski definition) is 3. The van der Waals surface area contributed by atoms with E-state index in [0.717, 1.165) is 10.0 Å². The molecule has 0 saturated carbocycles. The number of carboxylic acid groups (broad SMARTS) is 1. The van der Waals surface area contributed by atoms with Crippen LogP contribution in [0.25, 0.3) is 0 Å². The lowest BCUT2D eigenvalue weighted by atomic mass is 9.85. The number of benzene rings is 1. The van der Waals surface area contributed by atoms with Crippen LogP contribution in [0.5, 0.6) is 0 Å². The maximum atomic E-state index is 11.9. The molecule has 0 aliphatic carbocycles. The van der Waals surface area contributed by atoms with Gasteiger partial charge in [-0.3, -0.25) is 9.59 Å². The highest BCUT2D eigenvalue weighted by Crippen LogP contribution is 2.27. The molecule has 5 nitrogen and oxygen atoms in total. The summed E-state index contributed by atoms with van der Waals surface area (Å²) in [5.74, 6) is -1.60. The fourth-order valence-corrected chi connectivity index (χ4v) is 2.29. The third-order valence-corrected chi connectivity index (χ3v) is 3.62. The number of carboxylic acids is 1. The Morgan fingerprint density at radius 1 is 1.42 bits per heavy atom. The first kappa shape index (κ1) is 14.0. The van der Waals surface area contributed by atoms with Gasteiger partial charge in [-0.25, -0.2) is 0 Å². The largest absolute Gasteiger partial charge is 0.480 e. The molecule has 1 saturated heterocycles. The summed E-state index contributed by atoms with van der Waals surface area (Å²) in [5, 5.41) is 11.7. The molecule has 0 radical (unpaired) electrons. The standard InChI is InChI=1S/C13H14BrNO4/c14-10-3-1-2-9(6-10)4-5-15-11(16)13(12(17)18)7-19-8-13/h1-3,6H,4-5,7-8H2,(H,15,16)(H,17,18). The summed E-state index contributed by atoms with van der Waals surface area (Å²) >= 11 is 3.37. The summed E-state index contributed by atoms with van der Waals surface area (Å²) in [6.07, 6.45) is 0.655. The summed E-state index contributed by atoms with van der Waals surface area (Å²) in [6, 6.07) is 7.76. The Bertz CT molecular complexity index is 499. The Hall–Kier alpha value is -1.40. The van der Waals surface area contributed by atoms with Gasteiger partial charge in [-0.2, -0.15) is 0 Å². The first-order valence-corrected chi connectivity index (χ1v) is 6.68. The van der Waals surface area contributed by atoms with Gasteiger partial charge in [0.05, 0.1) is 13.2 Å². The highest BCUT2D eigenvalue weighted by Gasteiger charge is 2.53. The maximum Gasteiger partial charge on any atom is 0.324 e. The zero-order chi connectivity index (χ0) is 13.9. The molecule has 102 valence electrons. The van der Waals surface area contributed by atoms with Gasteiger partial charge in [0.25, 0.3) is 0 Å². The quantitative estimate of drug-likeness (QED) is 0.797. The second-order valence-electron chi connectivity index (χ2n) is 4.52. The van der Waals surface area contributed by atoms with E-state index >= 15 is 0 Å². The lowest BCUT2D eigenvalue weighted by Gasteiger charge is -2.35. The van der Waals surface area contributed by atoms with E-state index in [-0.39, 0.29) is 13.2 Å². The van der Waals surface area contributed by atoms with Crippen LogP contribution >= 0.6 is 15.9 Å². The van der Waals surface area contributed by atoms with Crippen molar-refractivity contribution in [3.63, 3.8) is 0 Å². The fraction of sp³-hybridized carbons (Fsp3) is 0.385. The molecule has 1 fully saturated rings. The van der Waals surface area contributed by atoms with Crippen molar-refractivity contribution in [1.82, 2.24) is 5.32 Å². The van der Waals surface area contributed by atoms with Crippen molar-refractivity contribution in [3.8, 4) is 0 Å². The number of halogens is 1.